The number of aliphatic hydroxyl groups is 1. The average Bonchev–Trinajstić information content (AvgIpc) is 3.25. The molecule has 0 aromatic heterocycles. The summed E-state index contributed by atoms with van der Waals surface area (Å²) in [6.07, 6.45) is 0.893. The molecule has 0 aliphatic carbocycles. The number of fused-ring (bicyclic) bond motifs is 1. The first-order valence-electron chi connectivity index (χ1n) is 14.8. The molecular formula is C32H40N2O8. The van der Waals surface area contributed by atoms with Crippen LogP contribution >= 0.6 is 0 Å². The molecule has 2 fully saturated rings. The minimum absolute atomic E-state index is 0.0228. The van der Waals surface area contributed by atoms with Crippen molar-refractivity contribution in [2.24, 2.45) is 5.92 Å². The number of amides is 1. The van der Waals surface area contributed by atoms with Gasteiger partial charge in [-0.25, -0.2) is 0 Å². The molecule has 1 unspecified atom stereocenters. The van der Waals surface area contributed by atoms with Gasteiger partial charge >= 0.3 is 0 Å². The third-order valence-corrected chi connectivity index (χ3v) is 7.65. The Morgan fingerprint density at radius 3 is 2.45 bits per heavy atom. The number of nitrogens with zero attached hydrogens (tertiary/aromatic N) is 2. The Balaban J connectivity index is 1.54. The molecule has 3 aliphatic rings. The van der Waals surface area contributed by atoms with E-state index < -0.39 is 17.7 Å². The summed E-state index contributed by atoms with van der Waals surface area (Å²) in [5.74, 6) is 1.01. The van der Waals surface area contributed by atoms with Crippen LogP contribution in [0.4, 0.5) is 0 Å². The number of Topliss-reactive ketones (excluding diaryl/α,β-unsaturated/α-hetero) is 1. The second kappa shape index (κ2) is 13.5. The van der Waals surface area contributed by atoms with Gasteiger partial charge in [0.2, 0.25) is 0 Å². The molecule has 5 rings (SSSR count). The number of hydrogen-bond donors (Lipinski definition) is 1. The van der Waals surface area contributed by atoms with E-state index in [-0.39, 0.29) is 11.3 Å². The molecule has 1 atom stereocenters. The molecule has 1 N–H and O–H groups in total. The number of aliphatic hydroxyl groups excluding tert-OH is 1. The van der Waals surface area contributed by atoms with Crippen LogP contribution in [0.25, 0.3) is 5.76 Å². The molecule has 10 heteroatoms. The molecule has 0 radical (unpaired) electrons. The third-order valence-electron chi connectivity index (χ3n) is 7.65. The maximum absolute atomic E-state index is 13.6. The van der Waals surface area contributed by atoms with Gasteiger partial charge in [-0.1, -0.05) is 19.9 Å². The van der Waals surface area contributed by atoms with E-state index in [2.05, 4.69) is 18.7 Å². The lowest BCUT2D eigenvalue weighted by Crippen LogP contribution is -2.42. The summed E-state index contributed by atoms with van der Waals surface area (Å²) in [5, 5.41) is 11.6. The number of benzene rings is 2. The van der Waals surface area contributed by atoms with Crippen LogP contribution in [0.5, 0.6) is 23.0 Å². The molecule has 3 heterocycles. The van der Waals surface area contributed by atoms with E-state index in [0.717, 1.165) is 19.5 Å². The quantitative estimate of drug-likeness (QED) is 0.239. The Hall–Kier alpha value is -3.76. The molecule has 2 aromatic rings. The Morgan fingerprint density at radius 1 is 0.952 bits per heavy atom. The fourth-order valence-corrected chi connectivity index (χ4v) is 5.36. The Morgan fingerprint density at radius 2 is 1.71 bits per heavy atom. The van der Waals surface area contributed by atoms with Gasteiger partial charge in [-0.05, 0) is 55.2 Å². The van der Waals surface area contributed by atoms with Gasteiger partial charge in [0.15, 0.2) is 23.0 Å². The fourth-order valence-electron chi connectivity index (χ4n) is 5.36. The number of ether oxygens (including phenoxy) is 5. The van der Waals surface area contributed by atoms with Crippen molar-refractivity contribution in [3.8, 4) is 23.0 Å². The minimum atomic E-state index is -0.817. The van der Waals surface area contributed by atoms with Crippen LogP contribution in [0, 0.1) is 5.92 Å². The number of morpholine rings is 1. The van der Waals surface area contributed by atoms with E-state index >= 15 is 0 Å². The van der Waals surface area contributed by atoms with Gasteiger partial charge in [-0.3, -0.25) is 14.5 Å². The predicted molar refractivity (Wildman–Crippen MR) is 156 cm³/mol. The number of carbonyl (C=O) groups is 2. The monoisotopic (exact) mass is 580 g/mol. The number of hydrogen-bond acceptors (Lipinski definition) is 9. The summed E-state index contributed by atoms with van der Waals surface area (Å²) in [6, 6.07) is 9.64. The van der Waals surface area contributed by atoms with Gasteiger partial charge in [0, 0.05) is 31.7 Å². The number of carbonyl (C=O) groups excluding carboxylic acids is 2. The molecular weight excluding hydrogens is 540 g/mol. The molecule has 226 valence electrons. The van der Waals surface area contributed by atoms with Gasteiger partial charge in [0.1, 0.15) is 19.0 Å². The summed E-state index contributed by atoms with van der Waals surface area (Å²) in [5.41, 5.74) is 1.04. The Labute approximate surface area is 246 Å². The van der Waals surface area contributed by atoms with Gasteiger partial charge in [-0.15, -0.1) is 0 Å². The highest BCUT2D eigenvalue weighted by molar-refractivity contribution is 6.46. The largest absolute Gasteiger partial charge is 0.507 e. The summed E-state index contributed by atoms with van der Waals surface area (Å²) < 4.78 is 28.7. The van der Waals surface area contributed by atoms with E-state index in [0.29, 0.717) is 92.8 Å². The first-order valence-corrected chi connectivity index (χ1v) is 14.8. The highest BCUT2D eigenvalue weighted by Gasteiger charge is 2.46. The fraction of sp³-hybridized carbons (Fsp3) is 0.500. The molecule has 0 spiro atoms. The summed E-state index contributed by atoms with van der Waals surface area (Å²) in [4.78, 5) is 30.8. The zero-order valence-electron chi connectivity index (χ0n) is 24.6. The molecule has 2 aromatic carbocycles. The highest BCUT2D eigenvalue weighted by atomic mass is 16.6. The molecule has 3 aliphatic heterocycles. The van der Waals surface area contributed by atoms with Gasteiger partial charge in [-0.2, -0.15) is 0 Å². The summed E-state index contributed by atoms with van der Waals surface area (Å²) in [6.45, 7) is 11.6. The summed E-state index contributed by atoms with van der Waals surface area (Å²) in [7, 11) is 0. The highest BCUT2D eigenvalue weighted by Crippen LogP contribution is 2.43. The van der Waals surface area contributed by atoms with Crippen LogP contribution < -0.4 is 18.9 Å². The van der Waals surface area contributed by atoms with Crippen LogP contribution in [0.3, 0.4) is 0 Å². The lowest BCUT2D eigenvalue weighted by Gasteiger charge is -2.31. The standard InChI is InChI=1S/C32H40N2O8/c1-4-39-26-19-22(5-7-24(26)40-14-9-21(2)3)29-28(30(35)23-6-8-25-27(20-23)42-18-17-41-25)31(36)32(37)34(29)11-10-33-12-15-38-16-13-33/h5-8,19-21,29,35H,4,9-18H2,1-3H3/b30-28-. The molecule has 1 amide bonds. The van der Waals surface area contributed by atoms with Gasteiger partial charge < -0.3 is 33.7 Å². The number of ketones is 1. The average molecular weight is 581 g/mol. The van der Waals surface area contributed by atoms with Gasteiger partial charge in [0.05, 0.1) is 38.0 Å². The predicted octanol–water partition coefficient (Wildman–Crippen LogP) is 4.04. The van der Waals surface area contributed by atoms with Crippen LogP contribution in [-0.2, 0) is 14.3 Å². The van der Waals surface area contributed by atoms with E-state index in [1.807, 2.05) is 25.1 Å². The molecule has 0 bridgehead atoms. The van der Waals surface area contributed by atoms with Crippen LogP contribution in [0.15, 0.2) is 42.0 Å². The number of rotatable bonds is 11. The smallest absolute Gasteiger partial charge is 0.295 e. The van der Waals surface area contributed by atoms with Crippen LogP contribution in [-0.4, -0.2) is 92.4 Å². The SMILES string of the molecule is CCOc1cc(C2/C(=C(/O)c3ccc4c(c3)OCCO4)C(=O)C(=O)N2CCN2CCOCC2)ccc1OCCC(C)C. The second-order valence-corrected chi connectivity index (χ2v) is 11.0. The normalized spacial score (nSPS) is 20.3. The van der Waals surface area contributed by atoms with E-state index in [1.165, 1.54) is 0 Å². The van der Waals surface area contributed by atoms with Crippen molar-refractivity contribution in [2.45, 2.75) is 33.2 Å². The third kappa shape index (κ3) is 6.50. The Bertz CT molecular complexity index is 1320. The van der Waals surface area contributed by atoms with E-state index in [1.54, 1.807) is 23.1 Å². The number of likely N-dealkylation sites (tertiary alicyclic amines) is 1. The Kier molecular flexibility index (Phi) is 9.54. The van der Waals surface area contributed by atoms with Crippen molar-refractivity contribution in [1.82, 2.24) is 9.80 Å². The van der Waals surface area contributed by atoms with Gasteiger partial charge in [0.25, 0.3) is 11.7 Å². The topological polar surface area (TPSA) is 107 Å². The molecule has 2 saturated heterocycles. The first-order chi connectivity index (χ1) is 20.4. The van der Waals surface area contributed by atoms with Crippen molar-refractivity contribution in [3.63, 3.8) is 0 Å². The van der Waals surface area contributed by atoms with E-state index in [4.69, 9.17) is 23.7 Å². The van der Waals surface area contributed by atoms with Crippen LogP contribution in [0.1, 0.15) is 44.4 Å². The lowest BCUT2D eigenvalue weighted by atomic mass is 9.94. The lowest BCUT2D eigenvalue weighted by molar-refractivity contribution is -0.140. The zero-order chi connectivity index (χ0) is 29.6. The van der Waals surface area contributed by atoms with Crippen molar-refractivity contribution in [2.75, 3.05) is 65.8 Å². The van der Waals surface area contributed by atoms with Crippen molar-refractivity contribution in [3.05, 3.63) is 53.1 Å². The summed E-state index contributed by atoms with van der Waals surface area (Å²) >= 11 is 0. The second-order valence-electron chi connectivity index (χ2n) is 11.0. The van der Waals surface area contributed by atoms with Crippen molar-refractivity contribution in [1.29, 1.82) is 0 Å². The maximum Gasteiger partial charge on any atom is 0.295 e. The first kappa shape index (κ1) is 29.7. The minimum Gasteiger partial charge on any atom is -0.507 e. The maximum atomic E-state index is 13.6. The molecule has 10 nitrogen and oxygen atoms in total. The zero-order valence-corrected chi connectivity index (χ0v) is 24.6. The molecule has 0 saturated carbocycles. The van der Waals surface area contributed by atoms with Crippen molar-refractivity contribution >= 4 is 17.4 Å². The van der Waals surface area contributed by atoms with E-state index in [9.17, 15) is 14.7 Å². The van der Waals surface area contributed by atoms with Crippen LogP contribution in [0.2, 0.25) is 0 Å². The van der Waals surface area contributed by atoms with Crippen molar-refractivity contribution < 1.29 is 38.4 Å². The molecule has 42 heavy (non-hydrogen) atoms.